The van der Waals surface area contributed by atoms with E-state index in [-0.39, 0.29) is 12.0 Å². The average Bonchev–Trinajstić information content (AvgIpc) is 2.35. The summed E-state index contributed by atoms with van der Waals surface area (Å²) >= 11 is 0. The number of fused-ring (bicyclic) bond motifs is 1. The van der Waals surface area contributed by atoms with Gasteiger partial charge in [-0.15, -0.1) is 0 Å². The van der Waals surface area contributed by atoms with E-state index in [1.165, 1.54) is 0 Å². The molecule has 1 aliphatic heterocycles. The summed E-state index contributed by atoms with van der Waals surface area (Å²) < 4.78 is 5.78. The highest BCUT2D eigenvalue weighted by Gasteiger charge is 2.28. The maximum absolute atomic E-state index is 10.5. The minimum atomic E-state index is -0.998. The quantitative estimate of drug-likeness (QED) is 0.842. The van der Waals surface area contributed by atoms with Gasteiger partial charge in [-0.3, -0.25) is 4.98 Å². The summed E-state index contributed by atoms with van der Waals surface area (Å²) in [6.45, 7) is 2.45. The van der Waals surface area contributed by atoms with Crippen LogP contribution in [-0.2, 0) is 0 Å². The predicted octanol–water partition coefficient (Wildman–Crippen LogP) is 1.99. The first-order valence-corrected chi connectivity index (χ1v) is 5.79. The molecule has 1 aromatic rings. The van der Waals surface area contributed by atoms with Crippen molar-refractivity contribution in [3.8, 4) is 5.75 Å². The number of hydrogen-bond donors (Lipinski definition) is 2. The predicted molar refractivity (Wildman–Crippen MR) is 62.3 cm³/mol. The van der Waals surface area contributed by atoms with Crippen LogP contribution in [0.3, 0.4) is 0 Å². The highest BCUT2D eigenvalue weighted by atomic mass is 16.5. The van der Waals surface area contributed by atoms with Crippen LogP contribution in [0.2, 0.25) is 0 Å². The zero-order valence-corrected chi connectivity index (χ0v) is 9.72. The number of pyridine rings is 1. The summed E-state index contributed by atoms with van der Waals surface area (Å²) in [6, 6.07) is 3.72. The van der Waals surface area contributed by atoms with Crippen LogP contribution in [0.4, 0.5) is 4.79 Å². The number of carbonyl (C=O) groups is 1. The van der Waals surface area contributed by atoms with Crippen LogP contribution in [0.1, 0.15) is 31.4 Å². The molecule has 1 aromatic heterocycles. The minimum absolute atomic E-state index is 0.0981. The van der Waals surface area contributed by atoms with Gasteiger partial charge in [0.1, 0.15) is 5.75 Å². The number of nitrogens with one attached hydrogen (secondary N) is 1. The summed E-state index contributed by atoms with van der Waals surface area (Å²) in [5.74, 6) is 0.879. The van der Waals surface area contributed by atoms with Gasteiger partial charge in [0.25, 0.3) is 0 Å². The molecule has 1 amide bonds. The van der Waals surface area contributed by atoms with Crippen molar-refractivity contribution in [2.75, 3.05) is 6.54 Å². The molecule has 2 N–H and O–H groups in total. The molecule has 5 nitrogen and oxygen atoms in total. The van der Waals surface area contributed by atoms with E-state index in [0.29, 0.717) is 6.54 Å². The number of nitrogens with zero attached hydrogens (tertiary/aromatic N) is 1. The van der Waals surface area contributed by atoms with E-state index in [2.05, 4.69) is 17.2 Å². The summed E-state index contributed by atoms with van der Waals surface area (Å²) in [5, 5.41) is 11.1. The van der Waals surface area contributed by atoms with Crippen molar-refractivity contribution >= 4 is 6.09 Å². The molecule has 0 spiro atoms. The molecule has 17 heavy (non-hydrogen) atoms. The lowest BCUT2D eigenvalue weighted by Crippen LogP contribution is -2.33. The van der Waals surface area contributed by atoms with Crippen LogP contribution >= 0.6 is 0 Å². The number of hydrogen-bond acceptors (Lipinski definition) is 3. The lowest BCUT2D eigenvalue weighted by Gasteiger charge is -2.30. The van der Waals surface area contributed by atoms with Gasteiger partial charge in [-0.25, -0.2) is 4.79 Å². The average molecular weight is 236 g/mol. The monoisotopic (exact) mass is 236 g/mol. The number of amides is 1. The molecule has 0 radical (unpaired) electrons. The standard InChI is InChI=1S/C12H16N2O3/c1-2-9-6-8(7-14-12(15)16)11-10(17-9)4-3-5-13-11/h3-5,8-9,14H,2,6-7H2,1H3,(H,15,16)/t8-,9+/m0/s1. The Morgan fingerprint density at radius 1 is 1.71 bits per heavy atom. The van der Waals surface area contributed by atoms with E-state index in [0.717, 1.165) is 24.3 Å². The van der Waals surface area contributed by atoms with Crippen molar-refractivity contribution in [2.45, 2.75) is 31.8 Å². The molecular weight excluding hydrogens is 220 g/mol. The smallest absolute Gasteiger partial charge is 0.404 e. The van der Waals surface area contributed by atoms with Crippen LogP contribution in [0, 0.1) is 0 Å². The van der Waals surface area contributed by atoms with Crippen LogP contribution in [-0.4, -0.2) is 28.8 Å². The first-order valence-electron chi connectivity index (χ1n) is 5.79. The largest absolute Gasteiger partial charge is 0.488 e. The Morgan fingerprint density at radius 3 is 3.24 bits per heavy atom. The molecule has 5 heteroatoms. The normalized spacial score (nSPS) is 22.4. The van der Waals surface area contributed by atoms with Crippen molar-refractivity contribution in [3.63, 3.8) is 0 Å². The molecule has 0 bridgehead atoms. The van der Waals surface area contributed by atoms with Gasteiger partial charge in [0.05, 0.1) is 11.8 Å². The molecular formula is C12H16N2O3. The SMILES string of the molecule is CC[C@@H]1C[C@@H](CNC(=O)O)c2ncccc2O1. The molecule has 0 saturated heterocycles. The molecule has 0 aromatic carbocycles. The Hall–Kier alpha value is -1.78. The molecule has 92 valence electrons. The first kappa shape index (κ1) is 11.7. The van der Waals surface area contributed by atoms with Crippen molar-refractivity contribution in [3.05, 3.63) is 24.0 Å². The molecule has 2 heterocycles. The Labute approximate surface area is 99.8 Å². The lowest BCUT2D eigenvalue weighted by atomic mass is 9.93. The molecule has 0 saturated carbocycles. The van der Waals surface area contributed by atoms with E-state index in [1.54, 1.807) is 6.20 Å². The summed E-state index contributed by atoms with van der Waals surface area (Å²) in [5.41, 5.74) is 0.853. The van der Waals surface area contributed by atoms with E-state index in [4.69, 9.17) is 9.84 Å². The molecule has 0 unspecified atom stereocenters. The Balaban J connectivity index is 2.17. The van der Waals surface area contributed by atoms with Gasteiger partial charge in [0, 0.05) is 18.7 Å². The number of carboxylic acid groups (broad SMARTS) is 1. The van der Waals surface area contributed by atoms with Crippen molar-refractivity contribution < 1.29 is 14.6 Å². The third-order valence-corrected chi connectivity index (χ3v) is 2.98. The third kappa shape index (κ3) is 2.67. The van der Waals surface area contributed by atoms with Gasteiger partial charge >= 0.3 is 6.09 Å². The van der Waals surface area contributed by atoms with Gasteiger partial charge in [0.15, 0.2) is 0 Å². The van der Waals surface area contributed by atoms with Gasteiger partial charge < -0.3 is 15.2 Å². The summed E-state index contributed by atoms with van der Waals surface area (Å²) in [6.07, 6.45) is 2.58. The van der Waals surface area contributed by atoms with Crippen molar-refractivity contribution in [1.29, 1.82) is 0 Å². The second kappa shape index (κ2) is 5.03. The third-order valence-electron chi connectivity index (χ3n) is 2.98. The molecule has 0 aliphatic carbocycles. The molecule has 2 atom stereocenters. The second-order valence-corrected chi connectivity index (χ2v) is 4.15. The maximum atomic E-state index is 10.5. The van der Waals surface area contributed by atoms with E-state index < -0.39 is 6.09 Å². The highest BCUT2D eigenvalue weighted by Crippen LogP contribution is 2.34. The van der Waals surface area contributed by atoms with E-state index in [1.807, 2.05) is 12.1 Å². The number of rotatable bonds is 3. The zero-order chi connectivity index (χ0) is 12.3. The number of ether oxygens (including phenoxy) is 1. The lowest BCUT2D eigenvalue weighted by molar-refractivity contribution is 0.148. The molecule has 2 rings (SSSR count). The van der Waals surface area contributed by atoms with E-state index >= 15 is 0 Å². The van der Waals surface area contributed by atoms with Crippen LogP contribution in [0.25, 0.3) is 0 Å². The topological polar surface area (TPSA) is 71.5 Å². The van der Waals surface area contributed by atoms with E-state index in [9.17, 15) is 4.79 Å². The van der Waals surface area contributed by atoms with Crippen molar-refractivity contribution in [2.24, 2.45) is 0 Å². The van der Waals surface area contributed by atoms with Gasteiger partial charge in [-0.1, -0.05) is 6.92 Å². The Morgan fingerprint density at radius 2 is 2.53 bits per heavy atom. The Bertz CT molecular complexity index is 408. The van der Waals surface area contributed by atoms with Crippen LogP contribution < -0.4 is 10.1 Å². The fourth-order valence-corrected chi connectivity index (χ4v) is 2.11. The highest BCUT2D eigenvalue weighted by molar-refractivity contribution is 5.64. The van der Waals surface area contributed by atoms with Gasteiger partial charge in [0.2, 0.25) is 0 Å². The summed E-state index contributed by atoms with van der Waals surface area (Å²) in [4.78, 5) is 14.8. The van der Waals surface area contributed by atoms with Gasteiger partial charge in [-0.2, -0.15) is 0 Å². The number of aromatic nitrogens is 1. The Kier molecular flexibility index (Phi) is 3.46. The zero-order valence-electron chi connectivity index (χ0n) is 9.72. The van der Waals surface area contributed by atoms with Gasteiger partial charge in [-0.05, 0) is 25.0 Å². The summed E-state index contributed by atoms with van der Waals surface area (Å²) in [7, 11) is 0. The minimum Gasteiger partial charge on any atom is -0.488 e. The van der Waals surface area contributed by atoms with Crippen LogP contribution in [0.5, 0.6) is 5.75 Å². The fraction of sp³-hybridized carbons (Fsp3) is 0.500. The first-order chi connectivity index (χ1) is 8.20. The second-order valence-electron chi connectivity index (χ2n) is 4.15. The maximum Gasteiger partial charge on any atom is 0.404 e. The van der Waals surface area contributed by atoms with Crippen LogP contribution in [0.15, 0.2) is 18.3 Å². The molecule has 0 fully saturated rings. The van der Waals surface area contributed by atoms with Crippen molar-refractivity contribution in [1.82, 2.24) is 10.3 Å². The molecule has 1 aliphatic rings. The fourth-order valence-electron chi connectivity index (χ4n) is 2.11.